The molecule has 10 heteroatoms. The van der Waals surface area contributed by atoms with Crippen LogP contribution >= 0.6 is 0 Å². The predicted octanol–water partition coefficient (Wildman–Crippen LogP) is 8.89. The molecule has 3 fully saturated rings. The number of fused-ring (bicyclic) bond motifs is 7. The first-order valence-electron chi connectivity index (χ1n) is 23.4. The molecule has 6 atom stereocenters. The van der Waals surface area contributed by atoms with Gasteiger partial charge in [-0.25, -0.2) is 4.79 Å². The summed E-state index contributed by atoms with van der Waals surface area (Å²) in [5.41, 5.74) is 5.32. The smallest absolute Gasteiger partial charge is 0.345 e. The minimum Gasteiger partial charge on any atom is -0.422 e. The van der Waals surface area contributed by atoms with Crippen LogP contribution in [0.15, 0.2) is 72.3 Å². The van der Waals surface area contributed by atoms with E-state index < -0.39 is 5.97 Å². The fourth-order valence-electron chi connectivity index (χ4n) is 12.2. The quantitative estimate of drug-likeness (QED) is 0.0402. The molecule has 0 saturated heterocycles. The summed E-state index contributed by atoms with van der Waals surface area (Å²) in [6.45, 7) is 12.5. The van der Waals surface area contributed by atoms with Crippen molar-refractivity contribution in [2.75, 3.05) is 26.3 Å². The molecule has 1 aromatic heterocycles. The molecular formula is C53H64N3O7+. The van der Waals surface area contributed by atoms with Crippen LogP contribution < -0.4 is 19.9 Å². The number of aryl methyl sites for hydroxylation is 3. The second-order valence-electron chi connectivity index (χ2n) is 19.2. The maximum absolute atomic E-state index is 14.1. The van der Waals surface area contributed by atoms with Crippen molar-refractivity contribution in [2.24, 2.45) is 34.5 Å². The number of carbonyl (C=O) groups is 5. The Hall–Kier alpha value is -5.22. The fourth-order valence-corrected chi connectivity index (χ4v) is 12.2. The normalized spacial score (nSPS) is 25.3. The van der Waals surface area contributed by atoms with Gasteiger partial charge >= 0.3 is 5.97 Å². The first-order valence-corrected chi connectivity index (χ1v) is 23.4. The van der Waals surface area contributed by atoms with Crippen molar-refractivity contribution in [3.05, 3.63) is 94.6 Å². The second kappa shape index (κ2) is 18.5. The van der Waals surface area contributed by atoms with E-state index in [1.54, 1.807) is 12.1 Å². The molecule has 0 radical (unpaired) electrons. The molecule has 3 aromatic carbocycles. The number of unbranched alkanes of at least 4 members (excludes halogenated alkanes) is 1. The monoisotopic (exact) mass is 854 g/mol. The summed E-state index contributed by atoms with van der Waals surface area (Å²) in [5, 5.41) is 7.60. The predicted molar refractivity (Wildman–Crippen MR) is 243 cm³/mol. The Balaban J connectivity index is 0.811. The molecule has 4 aromatic rings. The Morgan fingerprint density at radius 3 is 2.16 bits per heavy atom. The average Bonchev–Trinajstić information content (AvgIpc) is 3.58. The van der Waals surface area contributed by atoms with Gasteiger partial charge in [-0.05, 0) is 123 Å². The Labute approximate surface area is 371 Å². The molecule has 8 rings (SSSR count). The lowest BCUT2D eigenvalue weighted by Gasteiger charge is -2.59. The molecular weight excluding hydrogens is 791 g/mol. The van der Waals surface area contributed by atoms with Gasteiger partial charge in [0.25, 0.3) is 5.91 Å². The van der Waals surface area contributed by atoms with Crippen LogP contribution in [0.3, 0.4) is 0 Å². The zero-order valence-electron chi connectivity index (χ0n) is 37.8. The number of nitrogens with one attached hydrogen (secondary N) is 2. The number of para-hydroxylation sites is 2. The molecule has 4 aliphatic carbocycles. The zero-order valence-corrected chi connectivity index (χ0v) is 37.8. The molecule has 63 heavy (non-hydrogen) atoms. The van der Waals surface area contributed by atoms with E-state index in [-0.39, 0.29) is 47.5 Å². The van der Waals surface area contributed by atoms with E-state index in [0.717, 1.165) is 79.7 Å². The number of ether oxygens (including phenoxy) is 2. The van der Waals surface area contributed by atoms with Crippen LogP contribution in [0.4, 0.5) is 0 Å². The number of esters is 1. The van der Waals surface area contributed by atoms with Gasteiger partial charge in [-0.15, -0.1) is 0 Å². The van der Waals surface area contributed by atoms with Crippen LogP contribution in [0, 0.1) is 48.3 Å². The van der Waals surface area contributed by atoms with Crippen molar-refractivity contribution in [2.45, 2.75) is 112 Å². The van der Waals surface area contributed by atoms with Crippen LogP contribution in [0.2, 0.25) is 0 Å². The number of rotatable bonds is 15. The van der Waals surface area contributed by atoms with Gasteiger partial charge in [-0.3, -0.25) is 19.2 Å². The van der Waals surface area contributed by atoms with Crippen molar-refractivity contribution in [3.8, 4) is 5.75 Å². The second-order valence-corrected chi connectivity index (χ2v) is 19.2. The van der Waals surface area contributed by atoms with Gasteiger partial charge in [0.05, 0.1) is 29.5 Å². The van der Waals surface area contributed by atoms with Crippen LogP contribution in [0.25, 0.3) is 21.8 Å². The van der Waals surface area contributed by atoms with Gasteiger partial charge in [0.15, 0.2) is 5.78 Å². The maximum Gasteiger partial charge on any atom is 0.345 e. The van der Waals surface area contributed by atoms with E-state index in [2.05, 4.69) is 48.1 Å². The number of aromatic nitrogens is 1. The van der Waals surface area contributed by atoms with Crippen molar-refractivity contribution in [3.63, 3.8) is 0 Å². The standard InChI is InChI=1S/C53H63N3O7/c1-6-7-26-56-43-14-10-8-12-39(43)48(40-13-9-11-15-44(40)56)51(61)63-49-33(2)29-36(30-34(49)3)50(60)55-25-28-62-27-24-54-46(59)19-16-35-31-37-32-38(57)20-22-52(37,4)42-21-23-53(5)41(47(35)42)17-18-45(53)58/h8-15,29-30,32,35,41-42,47H,6-7,16-28,31H2,1-5H3,(H-,54,55,59,60)/p+1/t35?,41?,42?,47?,52-,53-/m0/s1. The summed E-state index contributed by atoms with van der Waals surface area (Å²) < 4.78 is 14.2. The van der Waals surface area contributed by atoms with Gasteiger partial charge in [0, 0.05) is 61.9 Å². The lowest BCUT2D eigenvalue weighted by molar-refractivity contribution is -0.645. The number of Topliss-reactive ketones (excluding diaryl/α,β-unsaturated/α-hetero) is 1. The summed E-state index contributed by atoms with van der Waals surface area (Å²) in [6.07, 6.45) is 11.0. The van der Waals surface area contributed by atoms with Crippen LogP contribution in [0.1, 0.15) is 123 Å². The molecule has 0 bridgehead atoms. The number of benzene rings is 3. The summed E-state index contributed by atoms with van der Waals surface area (Å²) in [7, 11) is 0. The largest absolute Gasteiger partial charge is 0.422 e. The lowest BCUT2D eigenvalue weighted by atomic mass is 9.44. The van der Waals surface area contributed by atoms with Crippen molar-refractivity contribution < 1.29 is 38.0 Å². The Morgan fingerprint density at radius 2 is 1.48 bits per heavy atom. The van der Waals surface area contributed by atoms with E-state index in [1.807, 2.05) is 56.3 Å². The third-order valence-corrected chi connectivity index (χ3v) is 15.5. The Bertz CT molecular complexity index is 2410. The Kier molecular flexibility index (Phi) is 13.0. The summed E-state index contributed by atoms with van der Waals surface area (Å²) >= 11 is 0. The number of hydrogen-bond acceptors (Lipinski definition) is 7. The van der Waals surface area contributed by atoms with E-state index in [0.29, 0.717) is 84.0 Å². The molecule has 2 amide bonds. The minimum atomic E-state index is -0.442. The fraction of sp³-hybridized carbons (Fsp3) is 0.509. The third kappa shape index (κ3) is 8.60. The van der Waals surface area contributed by atoms with Crippen molar-refractivity contribution in [1.29, 1.82) is 0 Å². The minimum absolute atomic E-state index is 0.00760. The SMILES string of the molecule is CCCC[n+]1c2ccccc2c(C(=O)Oc2c(C)cc(C(=O)NCCOCCNC(=O)CCC3CC4=CC(=O)CC[C@]4(C)C4CC[C@]5(C)C(=O)CCC5C34)cc2C)c2ccccc21. The molecule has 0 aliphatic heterocycles. The number of ketones is 2. The van der Waals surface area contributed by atoms with Crippen molar-refractivity contribution in [1.82, 2.24) is 10.6 Å². The summed E-state index contributed by atoms with van der Waals surface area (Å²) in [4.78, 5) is 66.0. The number of nitrogens with zero attached hydrogens (tertiary/aromatic N) is 1. The molecule has 332 valence electrons. The van der Waals surface area contributed by atoms with E-state index in [1.165, 1.54) is 5.57 Å². The topological polar surface area (TPSA) is 132 Å². The highest BCUT2D eigenvalue weighted by Gasteiger charge is 2.61. The number of hydrogen-bond donors (Lipinski definition) is 2. The van der Waals surface area contributed by atoms with E-state index in [4.69, 9.17) is 9.47 Å². The van der Waals surface area contributed by atoms with Gasteiger partial charge in [-0.2, -0.15) is 4.57 Å². The number of amides is 2. The van der Waals surface area contributed by atoms with Crippen molar-refractivity contribution >= 4 is 51.2 Å². The molecule has 0 spiro atoms. The lowest BCUT2D eigenvalue weighted by Crippen LogP contribution is -2.53. The number of allylic oxidation sites excluding steroid dienone is 1. The average molecular weight is 855 g/mol. The molecule has 2 N–H and O–H groups in total. The van der Waals surface area contributed by atoms with Crippen LogP contribution in [-0.4, -0.2) is 55.7 Å². The third-order valence-electron chi connectivity index (χ3n) is 15.5. The van der Waals surface area contributed by atoms with E-state index >= 15 is 0 Å². The first kappa shape index (κ1) is 44.4. The van der Waals surface area contributed by atoms with Gasteiger partial charge in [0.1, 0.15) is 18.1 Å². The molecule has 4 unspecified atom stereocenters. The maximum atomic E-state index is 14.1. The number of pyridine rings is 1. The molecule has 3 saturated carbocycles. The molecule has 10 nitrogen and oxygen atoms in total. The first-order chi connectivity index (χ1) is 30.3. The summed E-state index contributed by atoms with van der Waals surface area (Å²) in [6, 6.07) is 19.4. The zero-order chi connectivity index (χ0) is 44.5. The molecule has 1 heterocycles. The molecule has 4 aliphatic rings. The highest BCUT2D eigenvalue weighted by molar-refractivity contribution is 6.13. The highest BCUT2D eigenvalue weighted by Crippen LogP contribution is 2.66. The summed E-state index contributed by atoms with van der Waals surface area (Å²) in [5.74, 6) is 1.81. The van der Waals surface area contributed by atoms with Gasteiger partial charge in [-0.1, -0.05) is 57.0 Å². The van der Waals surface area contributed by atoms with Crippen LogP contribution in [0.5, 0.6) is 5.75 Å². The van der Waals surface area contributed by atoms with E-state index in [9.17, 15) is 24.0 Å². The highest BCUT2D eigenvalue weighted by atomic mass is 16.5. The Morgan fingerprint density at radius 1 is 0.825 bits per heavy atom. The van der Waals surface area contributed by atoms with Gasteiger partial charge in [0.2, 0.25) is 16.9 Å². The number of carbonyl (C=O) groups excluding carboxylic acids is 5. The van der Waals surface area contributed by atoms with Gasteiger partial charge < -0.3 is 20.1 Å². The van der Waals surface area contributed by atoms with Crippen LogP contribution in [-0.2, 0) is 25.7 Å².